The van der Waals surface area contributed by atoms with Crippen molar-refractivity contribution in [2.24, 2.45) is 0 Å². The van der Waals surface area contributed by atoms with Gasteiger partial charge in [0.05, 0.1) is 11.1 Å². The van der Waals surface area contributed by atoms with Crippen LogP contribution >= 0.6 is 0 Å². The number of benzene rings is 5. The molecule has 0 unspecified atom stereocenters. The van der Waals surface area contributed by atoms with Crippen molar-refractivity contribution in [3.8, 4) is 11.1 Å². The van der Waals surface area contributed by atoms with E-state index in [0.29, 0.717) is 11.1 Å². The van der Waals surface area contributed by atoms with E-state index in [4.69, 9.17) is 4.74 Å². The molecule has 4 heteroatoms. The molecule has 0 heterocycles. The minimum absolute atomic E-state index is 0.0604. The standard InChI is InChI=1S/C19H14O.C14H10O3/c20-19(17-9-5-2-6-10-17)18-13-11-16(12-14-18)15-7-3-1-4-8-15;15-13(11-7-3-1-4-8-11)17-14(16)12-9-5-2-6-10-12/h1-14H;1-10H. The zero-order valence-electron chi connectivity index (χ0n) is 20.0. The maximum Gasteiger partial charge on any atom is 0.346 e. The summed E-state index contributed by atoms with van der Waals surface area (Å²) in [5.41, 5.74) is 4.44. The smallest absolute Gasteiger partial charge is 0.346 e. The molecule has 0 fully saturated rings. The first-order valence-electron chi connectivity index (χ1n) is 11.7. The molecule has 0 aliphatic rings. The Kier molecular flexibility index (Phi) is 8.50. The molecule has 5 aromatic rings. The molecule has 0 aliphatic carbocycles. The Labute approximate surface area is 215 Å². The van der Waals surface area contributed by atoms with E-state index in [1.807, 2.05) is 72.8 Å². The molecule has 5 aromatic carbocycles. The first-order chi connectivity index (χ1) is 18.1. The molecule has 37 heavy (non-hydrogen) atoms. The van der Waals surface area contributed by atoms with E-state index in [0.717, 1.165) is 22.3 Å². The van der Waals surface area contributed by atoms with Crippen molar-refractivity contribution < 1.29 is 19.1 Å². The molecule has 0 spiro atoms. The summed E-state index contributed by atoms with van der Waals surface area (Å²) in [6.45, 7) is 0. The fourth-order valence-electron chi connectivity index (χ4n) is 3.55. The van der Waals surface area contributed by atoms with Crippen LogP contribution in [0, 0.1) is 0 Å². The maximum absolute atomic E-state index is 12.3. The lowest BCUT2D eigenvalue weighted by Crippen LogP contribution is -2.12. The van der Waals surface area contributed by atoms with Crippen molar-refractivity contribution in [2.75, 3.05) is 0 Å². The van der Waals surface area contributed by atoms with E-state index in [1.54, 1.807) is 60.7 Å². The van der Waals surface area contributed by atoms with Gasteiger partial charge in [-0.05, 0) is 35.4 Å². The average Bonchev–Trinajstić information content (AvgIpc) is 2.99. The van der Waals surface area contributed by atoms with E-state index in [1.165, 1.54) is 0 Å². The molecule has 0 saturated heterocycles. The molecular formula is C33H24O4. The highest BCUT2D eigenvalue weighted by Crippen LogP contribution is 2.20. The van der Waals surface area contributed by atoms with Crippen molar-refractivity contribution >= 4 is 17.7 Å². The van der Waals surface area contributed by atoms with Crippen molar-refractivity contribution in [1.29, 1.82) is 0 Å². The second-order valence-corrected chi connectivity index (χ2v) is 8.05. The number of carbonyl (C=O) groups is 3. The molecule has 0 atom stereocenters. The van der Waals surface area contributed by atoms with Gasteiger partial charge in [-0.1, -0.05) is 121 Å². The van der Waals surface area contributed by atoms with Gasteiger partial charge in [-0.3, -0.25) is 4.79 Å². The Morgan fingerprint density at radius 3 is 1.11 bits per heavy atom. The third kappa shape index (κ3) is 6.96. The van der Waals surface area contributed by atoms with Gasteiger partial charge in [0.15, 0.2) is 5.78 Å². The first-order valence-corrected chi connectivity index (χ1v) is 11.7. The van der Waals surface area contributed by atoms with Gasteiger partial charge in [0.1, 0.15) is 0 Å². The summed E-state index contributed by atoms with van der Waals surface area (Å²) in [6.07, 6.45) is 0. The van der Waals surface area contributed by atoms with Crippen LogP contribution < -0.4 is 0 Å². The third-order valence-electron chi connectivity index (χ3n) is 5.49. The SMILES string of the molecule is O=C(OC(=O)c1ccccc1)c1ccccc1.O=C(c1ccccc1)c1ccc(-c2ccccc2)cc1. The summed E-state index contributed by atoms with van der Waals surface area (Å²) in [6, 6.07) is 44.1. The number of ketones is 1. The Hall–Kier alpha value is -5.09. The highest BCUT2D eigenvalue weighted by Gasteiger charge is 2.13. The fraction of sp³-hybridized carbons (Fsp3) is 0. The summed E-state index contributed by atoms with van der Waals surface area (Å²) in [5.74, 6) is -1.22. The van der Waals surface area contributed by atoms with E-state index in [2.05, 4.69) is 12.1 Å². The van der Waals surface area contributed by atoms with Crippen molar-refractivity contribution in [3.63, 3.8) is 0 Å². The van der Waals surface area contributed by atoms with Gasteiger partial charge >= 0.3 is 11.9 Å². The Balaban J connectivity index is 0.000000176. The van der Waals surface area contributed by atoms with Crippen LogP contribution in [0.5, 0.6) is 0 Å². The maximum atomic E-state index is 12.3. The van der Waals surface area contributed by atoms with Crippen LogP contribution in [0.15, 0.2) is 146 Å². The number of hydrogen-bond donors (Lipinski definition) is 0. The minimum Gasteiger partial charge on any atom is -0.386 e. The van der Waals surface area contributed by atoms with Gasteiger partial charge in [-0.2, -0.15) is 0 Å². The Bertz CT molecular complexity index is 1400. The van der Waals surface area contributed by atoms with E-state index >= 15 is 0 Å². The van der Waals surface area contributed by atoms with Gasteiger partial charge in [-0.25, -0.2) is 9.59 Å². The quantitative estimate of drug-likeness (QED) is 0.150. The summed E-state index contributed by atoms with van der Waals surface area (Å²) >= 11 is 0. The Morgan fingerprint density at radius 2 is 0.676 bits per heavy atom. The van der Waals surface area contributed by atoms with Gasteiger partial charge in [0.25, 0.3) is 0 Å². The van der Waals surface area contributed by atoms with Crippen LogP contribution in [-0.4, -0.2) is 17.7 Å². The molecule has 0 saturated carbocycles. The highest BCUT2D eigenvalue weighted by atomic mass is 16.6. The zero-order valence-corrected chi connectivity index (χ0v) is 20.0. The predicted octanol–water partition coefficient (Wildman–Crippen LogP) is 7.27. The molecular weight excluding hydrogens is 460 g/mol. The largest absolute Gasteiger partial charge is 0.386 e. The zero-order chi connectivity index (χ0) is 25.9. The van der Waals surface area contributed by atoms with E-state index in [9.17, 15) is 14.4 Å². The summed E-state index contributed by atoms with van der Waals surface area (Å²) < 4.78 is 4.74. The number of esters is 2. The third-order valence-corrected chi connectivity index (χ3v) is 5.49. The lowest BCUT2D eigenvalue weighted by atomic mass is 9.99. The monoisotopic (exact) mass is 484 g/mol. The molecule has 180 valence electrons. The predicted molar refractivity (Wildman–Crippen MR) is 144 cm³/mol. The number of carbonyl (C=O) groups excluding carboxylic acids is 3. The lowest BCUT2D eigenvalue weighted by Gasteiger charge is -2.04. The van der Waals surface area contributed by atoms with E-state index in [-0.39, 0.29) is 5.78 Å². The number of ether oxygens (including phenoxy) is 1. The summed E-state index contributed by atoms with van der Waals surface area (Å²) in [5, 5.41) is 0. The first kappa shape index (κ1) is 25.0. The lowest BCUT2D eigenvalue weighted by molar-refractivity contribution is 0.0397. The minimum atomic E-state index is -0.639. The van der Waals surface area contributed by atoms with Crippen molar-refractivity contribution in [3.05, 3.63) is 168 Å². The van der Waals surface area contributed by atoms with Crippen molar-refractivity contribution in [2.45, 2.75) is 0 Å². The molecule has 0 amide bonds. The van der Waals surface area contributed by atoms with E-state index < -0.39 is 11.9 Å². The van der Waals surface area contributed by atoms with Crippen LogP contribution in [0.4, 0.5) is 0 Å². The van der Waals surface area contributed by atoms with Crippen LogP contribution in [-0.2, 0) is 4.74 Å². The molecule has 0 aliphatic heterocycles. The molecule has 4 nitrogen and oxygen atoms in total. The van der Waals surface area contributed by atoms with Crippen LogP contribution in [0.3, 0.4) is 0 Å². The van der Waals surface area contributed by atoms with Gasteiger partial charge in [0, 0.05) is 11.1 Å². The molecule has 0 aromatic heterocycles. The molecule has 0 radical (unpaired) electrons. The van der Waals surface area contributed by atoms with Crippen molar-refractivity contribution in [1.82, 2.24) is 0 Å². The van der Waals surface area contributed by atoms with Crippen LogP contribution in [0.2, 0.25) is 0 Å². The topological polar surface area (TPSA) is 60.4 Å². The molecule has 0 bridgehead atoms. The normalized spacial score (nSPS) is 9.95. The summed E-state index contributed by atoms with van der Waals surface area (Å²) in [4.78, 5) is 35.5. The molecule has 0 N–H and O–H groups in total. The van der Waals surface area contributed by atoms with Gasteiger partial charge in [0.2, 0.25) is 0 Å². The van der Waals surface area contributed by atoms with Gasteiger partial charge < -0.3 is 4.74 Å². The summed E-state index contributed by atoms with van der Waals surface area (Å²) in [7, 11) is 0. The van der Waals surface area contributed by atoms with Crippen LogP contribution in [0.1, 0.15) is 36.6 Å². The van der Waals surface area contributed by atoms with Gasteiger partial charge in [-0.15, -0.1) is 0 Å². The number of hydrogen-bond acceptors (Lipinski definition) is 4. The highest BCUT2D eigenvalue weighted by molar-refractivity contribution is 6.09. The number of rotatable bonds is 5. The fourth-order valence-corrected chi connectivity index (χ4v) is 3.55. The second kappa shape index (κ2) is 12.6. The Morgan fingerprint density at radius 1 is 0.351 bits per heavy atom. The second-order valence-electron chi connectivity index (χ2n) is 8.05. The van der Waals surface area contributed by atoms with Crippen LogP contribution in [0.25, 0.3) is 11.1 Å². The molecule has 5 rings (SSSR count). The average molecular weight is 485 g/mol.